The summed E-state index contributed by atoms with van der Waals surface area (Å²) < 4.78 is 16.3. The topological polar surface area (TPSA) is 115 Å². The van der Waals surface area contributed by atoms with Crippen LogP contribution in [0, 0.1) is 0 Å². The summed E-state index contributed by atoms with van der Waals surface area (Å²) in [6.45, 7) is 0. The first-order chi connectivity index (χ1) is 15.6. The average Bonchev–Trinajstić information content (AvgIpc) is 3.47. The number of aryl methyl sites for hydroxylation is 1. The van der Waals surface area contributed by atoms with E-state index in [1.54, 1.807) is 50.7 Å². The minimum Gasteiger partial charge on any atom is -0.497 e. The molecule has 32 heavy (non-hydrogen) atoms. The summed E-state index contributed by atoms with van der Waals surface area (Å²) in [6, 6.07) is 12.6. The Bertz CT molecular complexity index is 1220. The number of oxazole rings is 1. The third kappa shape index (κ3) is 4.89. The number of ether oxygens (including phenoxy) is 2. The molecular formula is C22H20ClN5O4. The van der Waals surface area contributed by atoms with Crippen LogP contribution in [0.25, 0.3) is 22.7 Å². The highest BCUT2D eigenvalue weighted by Gasteiger charge is 2.14. The number of nitrogens with one attached hydrogen (secondary N) is 2. The average molecular weight is 454 g/mol. The maximum absolute atomic E-state index is 12.3. The maximum Gasteiger partial charge on any atom is 0.249 e. The Labute approximate surface area is 188 Å². The predicted molar refractivity (Wildman–Crippen MR) is 119 cm³/mol. The number of H-pyrrole nitrogens is 1. The summed E-state index contributed by atoms with van der Waals surface area (Å²) in [7, 11) is 3.13. The van der Waals surface area contributed by atoms with E-state index in [4.69, 9.17) is 25.5 Å². The van der Waals surface area contributed by atoms with Gasteiger partial charge in [-0.2, -0.15) is 4.98 Å². The third-order valence-electron chi connectivity index (χ3n) is 4.65. The quantitative estimate of drug-likeness (QED) is 0.407. The molecule has 0 aliphatic heterocycles. The first-order valence-corrected chi connectivity index (χ1v) is 10.1. The smallest absolute Gasteiger partial charge is 0.249 e. The van der Waals surface area contributed by atoms with Crippen LogP contribution in [-0.2, 0) is 11.2 Å². The number of benzene rings is 2. The second-order valence-corrected chi connectivity index (χ2v) is 7.18. The highest BCUT2D eigenvalue weighted by atomic mass is 35.5. The summed E-state index contributed by atoms with van der Waals surface area (Å²) in [6.07, 6.45) is 2.12. The molecule has 2 heterocycles. The Hall–Kier alpha value is -3.85. The predicted octanol–water partition coefficient (Wildman–Crippen LogP) is 4.37. The second kappa shape index (κ2) is 9.52. The van der Waals surface area contributed by atoms with Crippen molar-refractivity contribution in [2.24, 2.45) is 0 Å². The Morgan fingerprint density at radius 3 is 2.72 bits per heavy atom. The number of hydrogen-bond acceptors (Lipinski definition) is 7. The number of carbonyl (C=O) groups excluding carboxylic acids is 1. The molecule has 9 nitrogen and oxygen atoms in total. The highest BCUT2D eigenvalue weighted by molar-refractivity contribution is 6.30. The molecule has 0 fully saturated rings. The lowest BCUT2D eigenvalue weighted by Gasteiger charge is -2.07. The number of methoxy groups -OCH3 is 2. The van der Waals surface area contributed by atoms with Crippen LogP contribution in [0.1, 0.15) is 12.3 Å². The molecule has 0 saturated heterocycles. The number of nitrogens with zero attached hydrogens (tertiary/aromatic N) is 3. The monoisotopic (exact) mass is 453 g/mol. The van der Waals surface area contributed by atoms with Crippen molar-refractivity contribution in [1.82, 2.24) is 20.2 Å². The van der Waals surface area contributed by atoms with Crippen LogP contribution in [0.15, 0.2) is 53.1 Å². The fourth-order valence-electron chi connectivity index (χ4n) is 3.01. The summed E-state index contributed by atoms with van der Waals surface area (Å²) in [5.74, 6) is 2.66. The Morgan fingerprint density at radius 2 is 1.97 bits per heavy atom. The molecule has 4 aromatic rings. The SMILES string of the molecule is COc1ccc(-c2nc(NC(=O)CCc3ncc(-c4ccc(Cl)cc4)o3)n[nH]2)c(OC)c1. The van der Waals surface area contributed by atoms with Gasteiger partial charge in [-0.1, -0.05) is 11.6 Å². The van der Waals surface area contributed by atoms with Gasteiger partial charge < -0.3 is 13.9 Å². The molecule has 2 aromatic carbocycles. The third-order valence-corrected chi connectivity index (χ3v) is 4.90. The molecule has 4 rings (SSSR count). The van der Waals surface area contributed by atoms with Crippen molar-refractivity contribution in [2.75, 3.05) is 19.5 Å². The molecular weight excluding hydrogens is 434 g/mol. The number of halogens is 1. The van der Waals surface area contributed by atoms with Crippen LogP contribution in [0.5, 0.6) is 11.5 Å². The Kier molecular flexibility index (Phi) is 6.37. The van der Waals surface area contributed by atoms with E-state index >= 15 is 0 Å². The van der Waals surface area contributed by atoms with Gasteiger partial charge in [0, 0.05) is 29.5 Å². The molecule has 164 valence electrons. The van der Waals surface area contributed by atoms with E-state index in [9.17, 15) is 4.79 Å². The molecule has 0 radical (unpaired) electrons. The zero-order chi connectivity index (χ0) is 22.5. The van der Waals surface area contributed by atoms with Crippen LogP contribution in [0.4, 0.5) is 5.95 Å². The van der Waals surface area contributed by atoms with E-state index in [0.717, 1.165) is 5.56 Å². The van der Waals surface area contributed by atoms with Gasteiger partial charge in [0.25, 0.3) is 0 Å². The van der Waals surface area contributed by atoms with E-state index < -0.39 is 0 Å². The van der Waals surface area contributed by atoms with Crippen LogP contribution >= 0.6 is 11.6 Å². The van der Waals surface area contributed by atoms with Gasteiger partial charge in [0.05, 0.1) is 26.0 Å². The van der Waals surface area contributed by atoms with Gasteiger partial charge in [0.1, 0.15) is 11.5 Å². The zero-order valence-electron chi connectivity index (χ0n) is 17.4. The zero-order valence-corrected chi connectivity index (χ0v) is 18.1. The standard InChI is InChI=1S/C22H20ClN5O4/c1-30-15-7-8-16(17(11-15)31-2)21-26-22(28-27-21)25-19(29)9-10-20-24-12-18(32-20)13-3-5-14(23)6-4-13/h3-8,11-12H,9-10H2,1-2H3,(H2,25,26,27,28,29). The van der Waals surface area contributed by atoms with Crippen molar-refractivity contribution < 1.29 is 18.7 Å². The van der Waals surface area contributed by atoms with Gasteiger partial charge >= 0.3 is 0 Å². The Morgan fingerprint density at radius 1 is 1.16 bits per heavy atom. The van der Waals surface area contributed by atoms with E-state index in [-0.39, 0.29) is 18.3 Å². The highest BCUT2D eigenvalue weighted by Crippen LogP contribution is 2.31. The van der Waals surface area contributed by atoms with Gasteiger partial charge in [-0.3, -0.25) is 15.2 Å². The molecule has 0 aliphatic rings. The molecule has 0 atom stereocenters. The van der Waals surface area contributed by atoms with Crippen LogP contribution in [0.3, 0.4) is 0 Å². The molecule has 2 aromatic heterocycles. The number of aromatic amines is 1. The van der Waals surface area contributed by atoms with Crippen molar-refractivity contribution >= 4 is 23.5 Å². The van der Waals surface area contributed by atoms with E-state index in [2.05, 4.69) is 25.5 Å². The molecule has 0 saturated carbocycles. The lowest BCUT2D eigenvalue weighted by molar-refractivity contribution is -0.116. The van der Waals surface area contributed by atoms with Crippen LogP contribution in [-0.4, -0.2) is 40.3 Å². The number of hydrogen-bond donors (Lipinski definition) is 2. The number of carbonyl (C=O) groups is 1. The van der Waals surface area contributed by atoms with Gasteiger partial charge in [-0.05, 0) is 36.4 Å². The van der Waals surface area contributed by atoms with Crippen LogP contribution in [0.2, 0.25) is 5.02 Å². The lowest BCUT2D eigenvalue weighted by atomic mass is 10.2. The van der Waals surface area contributed by atoms with Crippen molar-refractivity contribution in [2.45, 2.75) is 12.8 Å². The van der Waals surface area contributed by atoms with E-state index in [1.165, 1.54) is 0 Å². The van der Waals surface area contributed by atoms with E-state index in [0.29, 0.717) is 46.0 Å². The molecule has 0 spiro atoms. The van der Waals surface area contributed by atoms with Gasteiger partial charge in [-0.15, -0.1) is 5.10 Å². The first-order valence-electron chi connectivity index (χ1n) is 9.71. The van der Waals surface area contributed by atoms with E-state index in [1.807, 2.05) is 12.1 Å². The van der Waals surface area contributed by atoms with Gasteiger partial charge in [0.2, 0.25) is 11.9 Å². The van der Waals surface area contributed by atoms with Crippen molar-refractivity contribution in [3.05, 3.63) is 59.6 Å². The molecule has 0 unspecified atom stereocenters. The fourth-order valence-corrected chi connectivity index (χ4v) is 3.14. The van der Waals surface area contributed by atoms with Crippen molar-refractivity contribution in [3.63, 3.8) is 0 Å². The summed E-state index contributed by atoms with van der Waals surface area (Å²) in [5, 5.41) is 10.2. The number of anilines is 1. The lowest BCUT2D eigenvalue weighted by Crippen LogP contribution is -2.13. The second-order valence-electron chi connectivity index (χ2n) is 6.75. The van der Waals surface area contributed by atoms with Crippen LogP contribution < -0.4 is 14.8 Å². The largest absolute Gasteiger partial charge is 0.497 e. The normalized spacial score (nSPS) is 10.7. The maximum atomic E-state index is 12.3. The summed E-state index contributed by atoms with van der Waals surface area (Å²) in [5.41, 5.74) is 1.55. The first kappa shape index (κ1) is 21.4. The van der Waals surface area contributed by atoms with Gasteiger partial charge in [0.15, 0.2) is 17.5 Å². The summed E-state index contributed by atoms with van der Waals surface area (Å²) in [4.78, 5) is 20.9. The minimum absolute atomic E-state index is 0.163. The molecule has 0 aliphatic carbocycles. The number of rotatable bonds is 8. The molecule has 1 amide bonds. The molecule has 2 N–H and O–H groups in total. The van der Waals surface area contributed by atoms with Gasteiger partial charge in [-0.25, -0.2) is 4.98 Å². The minimum atomic E-state index is -0.261. The summed E-state index contributed by atoms with van der Waals surface area (Å²) >= 11 is 5.90. The van der Waals surface area contributed by atoms with Crippen molar-refractivity contribution in [1.29, 1.82) is 0 Å². The number of amides is 1. The fraction of sp³-hybridized carbons (Fsp3) is 0.182. The number of aromatic nitrogens is 4. The molecule has 10 heteroatoms. The Balaban J connectivity index is 1.36. The molecule has 0 bridgehead atoms. The van der Waals surface area contributed by atoms with Crippen molar-refractivity contribution in [3.8, 4) is 34.2 Å².